The molecule has 26 heavy (non-hydrogen) atoms. The van der Waals surface area contributed by atoms with Crippen LogP contribution >= 0.6 is 23.2 Å². The van der Waals surface area contributed by atoms with Gasteiger partial charge in [-0.15, -0.1) is 0 Å². The van der Waals surface area contributed by atoms with Crippen molar-refractivity contribution >= 4 is 46.8 Å². The Kier molecular flexibility index (Phi) is 6.43. The van der Waals surface area contributed by atoms with Crippen LogP contribution in [-0.4, -0.2) is 25.0 Å². The van der Waals surface area contributed by atoms with Crippen molar-refractivity contribution in [3.63, 3.8) is 0 Å². The second kappa shape index (κ2) is 8.55. The molecule has 0 unspecified atom stereocenters. The van der Waals surface area contributed by atoms with Crippen LogP contribution in [0.4, 0.5) is 10.5 Å². The molecule has 136 valence electrons. The smallest absolute Gasteiger partial charge is 0.341 e. The van der Waals surface area contributed by atoms with Gasteiger partial charge in [-0.3, -0.25) is 10.1 Å². The molecule has 0 saturated carbocycles. The van der Waals surface area contributed by atoms with Crippen molar-refractivity contribution in [1.29, 1.82) is 0 Å². The van der Waals surface area contributed by atoms with Gasteiger partial charge in [-0.1, -0.05) is 53.5 Å². The molecule has 2 aromatic rings. The Morgan fingerprint density at radius 1 is 1.12 bits per heavy atom. The molecule has 2 rings (SSSR count). The van der Waals surface area contributed by atoms with Crippen LogP contribution in [0.5, 0.6) is 0 Å². The second-order valence-corrected chi connectivity index (χ2v) is 5.96. The molecule has 0 radical (unpaired) electrons. The third-order valence-corrected chi connectivity index (χ3v) is 3.87. The van der Waals surface area contributed by atoms with E-state index < -0.39 is 24.0 Å². The number of carbonyl (C=O) groups excluding carboxylic acids is 3. The predicted octanol–water partition coefficient (Wildman–Crippen LogP) is 2.93. The normalized spacial score (nSPS) is 11.3. The van der Waals surface area contributed by atoms with Gasteiger partial charge in [0, 0.05) is 17.6 Å². The number of nitrogens with two attached hydrogens (primary N) is 1. The van der Waals surface area contributed by atoms with Crippen LogP contribution in [0.1, 0.15) is 22.0 Å². The Morgan fingerprint density at radius 3 is 2.38 bits per heavy atom. The summed E-state index contributed by atoms with van der Waals surface area (Å²) >= 11 is 11.8. The van der Waals surface area contributed by atoms with Crippen molar-refractivity contribution in [1.82, 2.24) is 10.6 Å². The lowest BCUT2D eigenvalue weighted by Gasteiger charge is -2.18. The fraction of sp³-hybridized carbons (Fsp3) is 0.118. The minimum absolute atomic E-state index is 0.0282. The fourth-order valence-corrected chi connectivity index (χ4v) is 2.56. The number of benzene rings is 2. The molecular weight excluding hydrogens is 381 g/mol. The number of esters is 1. The molecule has 4 N–H and O–H groups in total. The monoisotopic (exact) mass is 395 g/mol. The molecular formula is C17H15Cl2N3O4. The summed E-state index contributed by atoms with van der Waals surface area (Å²) in [5.74, 6) is -1.73. The van der Waals surface area contributed by atoms with Crippen molar-refractivity contribution in [3.8, 4) is 0 Å². The zero-order valence-electron chi connectivity index (χ0n) is 13.6. The summed E-state index contributed by atoms with van der Waals surface area (Å²) in [7, 11) is 1.35. The zero-order valence-corrected chi connectivity index (χ0v) is 15.1. The molecule has 0 saturated heterocycles. The number of carbonyl (C=O) groups is 3. The van der Waals surface area contributed by atoms with Gasteiger partial charge in [0.05, 0.1) is 16.3 Å². The number of anilines is 1. The summed E-state index contributed by atoms with van der Waals surface area (Å²) in [6, 6.07) is 10.1. The Labute approximate surface area is 159 Å². The molecule has 0 aliphatic heterocycles. The van der Waals surface area contributed by atoms with Crippen molar-refractivity contribution in [2.75, 3.05) is 12.8 Å². The first-order valence-corrected chi connectivity index (χ1v) is 8.12. The molecule has 1 atom stereocenters. The lowest BCUT2D eigenvalue weighted by molar-refractivity contribution is -0.129. The van der Waals surface area contributed by atoms with E-state index in [0.29, 0.717) is 5.56 Å². The van der Waals surface area contributed by atoms with E-state index in [1.54, 1.807) is 30.3 Å². The van der Waals surface area contributed by atoms with Crippen LogP contribution in [0.3, 0.4) is 0 Å². The van der Waals surface area contributed by atoms with E-state index in [0.717, 1.165) is 0 Å². The summed E-state index contributed by atoms with van der Waals surface area (Å²) in [6.07, 6.45) is -1.38. The van der Waals surface area contributed by atoms with E-state index in [2.05, 4.69) is 10.6 Å². The van der Waals surface area contributed by atoms with Gasteiger partial charge in [-0.2, -0.15) is 0 Å². The van der Waals surface area contributed by atoms with E-state index in [1.165, 1.54) is 19.2 Å². The number of hydrogen-bond donors (Lipinski definition) is 3. The maximum atomic E-state index is 12.5. The van der Waals surface area contributed by atoms with Gasteiger partial charge in [0.15, 0.2) is 0 Å². The number of nitrogen functional groups attached to an aromatic ring is 1. The molecule has 7 nitrogen and oxygen atoms in total. The van der Waals surface area contributed by atoms with Crippen molar-refractivity contribution in [3.05, 3.63) is 63.6 Å². The molecule has 0 aliphatic rings. The molecule has 9 heteroatoms. The van der Waals surface area contributed by atoms with E-state index in [9.17, 15) is 14.4 Å². The third kappa shape index (κ3) is 4.65. The highest BCUT2D eigenvalue weighted by Gasteiger charge is 2.28. The maximum absolute atomic E-state index is 12.5. The molecule has 0 heterocycles. The molecule has 0 bridgehead atoms. The average Bonchev–Trinajstić information content (AvgIpc) is 2.62. The van der Waals surface area contributed by atoms with Gasteiger partial charge in [-0.25, -0.2) is 9.59 Å². The zero-order chi connectivity index (χ0) is 19.3. The predicted molar refractivity (Wildman–Crippen MR) is 98.1 cm³/mol. The summed E-state index contributed by atoms with van der Waals surface area (Å²) in [5.41, 5.74) is 6.04. The number of ether oxygens (including phenoxy) is 1. The SMILES string of the molecule is CNC(=O)NC(=O)[C@@H](OC(=O)c1cc(Cl)cc(Cl)c1N)c1ccccc1. The average molecular weight is 396 g/mol. The van der Waals surface area contributed by atoms with Crippen LogP contribution < -0.4 is 16.4 Å². The van der Waals surface area contributed by atoms with Gasteiger partial charge < -0.3 is 15.8 Å². The van der Waals surface area contributed by atoms with Gasteiger partial charge in [0.1, 0.15) is 0 Å². The van der Waals surface area contributed by atoms with E-state index >= 15 is 0 Å². The summed E-state index contributed by atoms with van der Waals surface area (Å²) in [6.45, 7) is 0. The first kappa shape index (κ1) is 19.6. The highest BCUT2D eigenvalue weighted by atomic mass is 35.5. The topological polar surface area (TPSA) is 111 Å². The molecule has 0 aliphatic carbocycles. The summed E-state index contributed by atoms with van der Waals surface area (Å²) in [5, 5.41) is 4.58. The van der Waals surface area contributed by atoms with E-state index in [4.69, 9.17) is 33.7 Å². The highest BCUT2D eigenvalue weighted by Crippen LogP contribution is 2.29. The Balaban J connectivity index is 2.34. The second-order valence-electron chi connectivity index (χ2n) is 5.11. The van der Waals surface area contributed by atoms with Crippen LogP contribution in [-0.2, 0) is 9.53 Å². The number of urea groups is 1. The Bertz CT molecular complexity index is 843. The van der Waals surface area contributed by atoms with Crippen molar-refractivity contribution in [2.24, 2.45) is 0 Å². The largest absolute Gasteiger partial charge is 0.444 e. The van der Waals surface area contributed by atoms with Gasteiger partial charge in [-0.05, 0) is 12.1 Å². The Hall–Kier alpha value is -2.77. The molecule has 3 amide bonds. The van der Waals surface area contributed by atoms with Crippen molar-refractivity contribution < 1.29 is 19.1 Å². The first-order valence-electron chi connectivity index (χ1n) is 7.36. The molecule has 0 aromatic heterocycles. The number of rotatable bonds is 4. The van der Waals surface area contributed by atoms with Crippen LogP contribution in [0.25, 0.3) is 0 Å². The van der Waals surface area contributed by atoms with E-state index in [1.807, 2.05) is 0 Å². The van der Waals surface area contributed by atoms with Gasteiger partial charge in [0.25, 0.3) is 5.91 Å². The van der Waals surface area contributed by atoms with Crippen LogP contribution in [0.2, 0.25) is 10.0 Å². The van der Waals surface area contributed by atoms with E-state index in [-0.39, 0.29) is 21.3 Å². The minimum Gasteiger partial charge on any atom is -0.444 e. The lowest BCUT2D eigenvalue weighted by atomic mass is 10.1. The Morgan fingerprint density at radius 2 is 1.77 bits per heavy atom. The van der Waals surface area contributed by atoms with Gasteiger partial charge in [0.2, 0.25) is 6.10 Å². The number of nitrogens with one attached hydrogen (secondary N) is 2. The minimum atomic E-state index is -1.38. The number of halogens is 2. The van der Waals surface area contributed by atoms with Gasteiger partial charge >= 0.3 is 12.0 Å². The molecule has 0 spiro atoms. The number of amides is 3. The molecule has 2 aromatic carbocycles. The summed E-state index contributed by atoms with van der Waals surface area (Å²) in [4.78, 5) is 36.3. The number of imide groups is 1. The standard InChI is InChI=1S/C17H15Cl2N3O4/c1-21-17(25)22-15(23)14(9-5-3-2-4-6-9)26-16(24)11-7-10(18)8-12(19)13(11)20/h2-8,14H,20H2,1H3,(H2,21,22,23,25)/t14-/m0/s1. The molecule has 0 fully saturated rings. The number of hydrogen-bond acceptors (Lipinski definition) is 5. The third-order valence-electron chi connectivity index (χ3n) is 3.34. The van der Waals surface area contributed by atoms with Crippen LogP contribution in [0, 0.1) is 0 Å². The maximum Gasteiger partial charge on any atom is 0.341 e. The fourth-order valence-electron chi connectivity index (χ4n) is 2.06. The summed E-state index contributed by atoms with van der Waals surface area (Å²) < 4.78 is 5.29. The lowest BCUT2D eigenvalue weighted by Crippen LogP contribution is -2.41. The highest BCUT2D eigenvalue weighted by molar-refractivity contribution is 6.37. The first-order chi connectivity index (χ1) is 12.3. The van der Waals surface area contributed by atoms with Crippen molar-refractivity contribution in [2.45, 2.75) is 6.10 Å². The quantitative estimate of drug-likeness (QED) is 0.544. The van der Waals surface area contributed by atoms with Crippen LogP contribution in [0.15, 0.2) is 42.5 Å².